The monoisotopic (exact) mass is 321 g/mol. The Balaban J connectivity index is 2.21. The highest BCUT2D eigenvalue weighted by Crippen LogP contribution is 2.13. The molecule has 0 saturated carbocycles. The van der Waals surface area contributed by atoms with E-state index in [0.29, 0.717) is 25.1 Å². The number of hydrogen-bond acceptors (Lipinski definition) is 3. The van der Waals surface area contributed by atoms with Crippen LogP contribution in [0.3, 0.4) is 0 Å². The number of carboxylic acids is 1. The molecule has 1 aromatic carbocycles. The zero-order valence-electron chi connectivity index (χ0n) is 13.8. The van der Waals surface area contributed by atoms with E-state index < -0.39 is 5.97 Å². The number of carbonyl (C=O) groups excluding carboxylic acids is 1. The fraction of sp³-hybridized carbons (Fsp3) is 0.556. The minimum atomic E-state index is -0.772. The number of amides is 1. The van der Waals surface area contributed by atoms with Crippen LogP contribution in [0.5, 0.6) is 5.75 Å². The summed E-state index contributed by atoms with van der Waals surface area (Å²) in [6.07, 6.45) is 5.80. The molecule has 0 radical (unpaired) electrons. The van der Waals surface area contributed by atoms with Crippen molar-refractivity contribution in [1.29, 1.82) is 0 Å². The molecule has 5 heteroatoms. The fourth-order valence-corrected chi connectivity index (χ4v) is 2.13. The van der Waals surface area contributed by atoms with Gasteiger partial charge in [-0.25, -0.2) is 0 Å². The Morgan fingerprint density at radius 2 is 1.78 bits per heavy atom. The first kappa shape index (κ1) is 19.0. The molecule has 1 aromatic rings. The van der Waals surface area contributed by atoms with Crippen molar-refractivity contribution >= 4 is 11.9 Å². The van der Waals surface area contributed by atoms with Crippen LogP contribution in [-0.2, 0) is 4.79 Å². The molecule has 0 aromatic heterocycles. The number of ether oxygens (including phenoxy) is 1. The molecular formula is C18H27NO4. The van der Waals surface area contributed by atoms with Crippen LogP contribution < -0.4 is 10.1 Å². The average molecular weight is 321 g/mol. The summed E-state index contributed by atoms with van der Waals surface area (Å²) in [6, 6.07) is 7.14. The molecular weight excluding hydrogens is 294 g/mol. The van der Waals surface area contributed by atoms with E-state index in [-0.39, 0.29) is 12.3 Å². The number of nitrogens with one attached hydrogen (secondary N) is 1. The van der Waals surface area contributed by atoms with Crippen LogP contribution in [0.4, 0.5) is 0 Å². The molecule has 0 atom stereocenters. The minimum Gasteiger partial charge on any atom is -0.494 e. The van der Waals surface area contributed by atoms with Crippen LogP contribution in [0.25, 0.3) is 0 Å². The Morgan fingerprint density at radius 3 is 2.43 bits per heavy atom. The molecule has 0 fully saturated rings. The Kier molecular flexibility index (Phi) is 9.52. The summed E-state index contributed by atoms with van der Waals surface area (Å²) in [6.45, 7) is 3.42. The molecule has 0 aliphatic carbocycles. The molecule has 0 unspecified atom stereocenters. The molecule has 1 amide bonds. The van der Waals surface area contributed by atoms with Gasteiger partial charge in [0.25, 0.3) is 5.91 Å². The van der Waals surface area contributed by atoms with Crippen molar-refractivity contribution in [2.75, 3.05) is 13.2 Å². The van der Waals surface area contributed by atoms with E-state index in [1.165, 1.54) is 6.42 Å². The van der Waals surface area contributed by atoms with Crippen LogP contribution in [0.15, 0.2) is 24.3 Å². The van der Waals surface area contributed by atoms with Gasteiger partial charge in [0.05, 0.1) is 6.61 Å². The van der Waals surface area contributed by atoms with Gasteiger partial charge in [-0.3, -0.25) is 9.59 Å². The molecule has 23 heavy (non-hydrogen) atoms. The van der Waals surface area contributed by atoms with Crippen molar-refractivity contribution in [3.05, 3.63) is 29.8 Å². The third-order valence-corrected chi connectivity index (χ3v) is 3.49. The second-order valence-corrected chi connectivity index (χ2v) is 5.54. The summed E-state index contributed by atoms with van der Waals surface area (Å²) in [5, 5.41) is 11.4. The molecule has 1 rings (SSSR count). The molecule has 5 nitrogen and oxygen atoms in total. The van der Waals surface area contributed by atoms with Gasteiger partial charge in [-0.2, -0.15) is 0 Å². The van der Waals surface area contributed by atoms with Gasteiger partial charge in [0.1, 0.15) is 5.75 Å². The standard InChI is InChI=1S/C18H27NO4/c1-2-3-7-14-23-16-11-9-15(10-12-16)18(22)19-13-6-4-5-8-17(20)21/h9-12H,2-8,13-14H2,1H3,(H,19,22)(H,20,21). The van der Waals surface area contributed by atoms with E-state index in [2.05, 4.69) is 12.2 Å². The largest absolute Gasteiger partial charge is 0.494 e. The van der Waals surface area contributed by atoms with Gasteiger partial charge in [0, 0.05) is 18.5 Å². The number of unbranched alkanes of at least 4 members (excludes halogenated alkanes) is 4. The first-order valence-corrected chi connectivity index (χ1v) is 8.36. The average Bonchev–Trinajstić information content (AvgIpc) is 2.55. The van der Waals surface area contributed by atoms with E-state index in [1.54, 1.807) is 12.1 Å². The smallest absolute Gasteiger partial charge is 0.303 e. The van der Waals surface area contributed by atoms with Gasteiger partial charge in [-0.05, 0) is 43.5 Å². The van der Waals surface area contributed by atoms with Crippen molar-refractivity contribution in [1.82, 2.24) is 5.32 Å². The predicted molar refractivity (Wildman–Crippen MR) is 89.9 cm³/mol. The van der Waals surface area contributed by atoms with Crippen LogP contribution in [0, 0.1) is 0 Å². The number of carbonyl (C=O) groups is 2. The molecule has 0 saturated heterocycles. The topological polar surface area (TPSA) is 75.6 Å². The highest BCUT2D eigenvalue weighted by atomic mass is 16.5. The Bertz CT molecular complexity index is 470. The maximum Gasteiger partial charge on any atom is 0.303 e. The van der Waals surface area contributed by atoms with Crippen molar-refractivity contribution < 1.29 is 19.4 Å². The third kappa shape index (κ3) is 8.86. The summed E-state index contributed by atoms with van der Waals surface area (Å²) < 4.78 is 5.61. The van der Waals surface area contributed by atoms with Crippen molar-refractivity contribution in [3.63, 3.8) is 0 Å². The molecule has 0 spiro atoms. The Hall–Kier alpha value is -2.04. The highest BCUT2D eigenvalue weighted by molar-refractivity contribution is 5.94. The second-order valence-electron chi connectivity index (χ2n) is 5.54. The summed E-state index contributed by atoms with van der Waals surface area (Å²) in [4.78, 5) is 22.3. The molecule has 2 N–H and O–H groups in total. The maximum absolute atomic E-state index is 12.0. The lowest BCUT2D eigenvalue weighted by molar-refractivity contribution is -0.137. The van der Waals surface area contributed by atoms with E-state index in [0.717, 1.165) is 31.4 Å². The maximum atomic E-state index is 12.0. The molecule has 128 valence electrons. The van der Waals surface area contributed by atoms with Crippen LogP contribution >= 0.6 is 0 Å². The summed E-state index contributed by atoms with van der Waals surface area (Å²) in [7, 11) is 0. The zero-order chi connectivity index (χ0) is 16.9. The summed E-state index contributed by atoms with van der Waals surface area (Å²) in [5.41, 5.74) is 0.608. The summed E-state index contributed by atoms with van der Waals surface area (Å²) >= 11 is 0. The normalized spacial score (nSPS) is 10.3. The Labute approximate surface area is 138 Å². The van der Waals surface area contributed by atoms with Gasteiger partial charge in [-0.15, -0.1) is 0 Å². The predicted octanol–water partition coefficient (Wildman–Crippen LogP) is 3.63. The highest BCUT2D eigenvalue weighted by Gasteiger charge is 2.05. The van der Waals surface area contributed by atoms with Crippen molar-refractivity contribution in [3.8, 4) is 5.75 Å². The lowest BCUT2D eigenvalue weighted by atomic mass is 10.2. The third-order valence-electron chi connectivity index (χ3n) is 3.49. The van der Waals surface area contributed by atoms with Gasteiger partial charge in [0.2, 0.25) is 0 Å². The number of hydrogen-bond donors (Lipinski definition) is 2. The van der Waals surface area contributed by atoms with Crippen molar-refractivity contribution in [2.45, 2.75) is 51.9 Å². The lowest BCUT2D eigenvalue weighted by Gasteiger charge is -2.08. The van der Waals surface area contributed by atoms with E-state index >= 15 is 0 Å². The second kappa shape index (κ2) is 11.5. The fourth-order valence-electron chi connectivity index (χ4n) is 2.13. The number of aliphatic carboxylic acids is 1. The van der Waals surface area contributed by atoms with E-state index in [4.69, 9.17) is 9.84 Å². The lowest BCUT2D eigenvalue weighted by Crippen LogP contribution is -2.24. The molecule has 0 aliphatic heterocycles. The number of rotatable bonds is 12. The SMILES string of the molecule is CCCCCOc1ccc(C(=O)NCCCCCC(=O)O)cc1. The van der Waals surface area contributed by atoms with Crippen LogP contribution in [0.1, 0.15) is 62.2 Å². The van der Waals surface area contributed by atoms with Crippen LogP contribution in [-0.4, -0.2) is 30.1 Å². The van der Waals surface area contributed by atoms with E-state index in [9.17, 15) is 9.59 Å². The van der Waals surface area contributed by atoms with Gasteiger partial charge in [-0.1, -0.05) is 26.2 Å². The molecule has 0 bridgehead atoms. The van der Waals surface area contributed by atoms with Gasteiger partial charge in [0.15, 0.2) is 0 Å². The van der Waals surface area contributed by atoms with Gasteiger partial charge < -0.3 is 15.2 Å². The van der Waals surface area contributed by atoms with E-state index in [1.807, 2.05) is 12.1 Å². The first-order chi connectivity index (χ1) is 11.1. The van der Waals surface area contributed by atoms with Gasteiger partial charge >= 0.3 is 5.97 Å². The molecule has 0 aliphatic rings. The zero-order valence-corrected chi connectivity index (χ0v) is 13.8. The first-order valence-electron chi connectivity index (χ1n) is 8.36. The van der Waals surface area contributed by atoms with Crippen molar-refractivity contribution in [2.24, 2.45) is 0 Å². The summed E-state index contributed by atoms with van der Waals surface area (Å²) in [5.74, 6) is -0.0990. The quantitative estimate of drug-likeness (QED) is 0.576. The minimum absolute atomic E-state index is 0.110. The van der Waals surface area contributed by atoms with Crippen LogP contribution in [0.2, 0.25) is 0 Å². The molecule has 0 heterocycles. The Morgan fingerprint density at radius 1 is 1.04 bits per heavy atom. The number of carboxylic acid groups (broad SMARTS) is 1. The number of benzene rings is 1.